The lowest BCUT2D eigenvalue weighted by molar-refractivity contribution is 0.0913. The van der Waals surface area contributed by atoms with E-state index in [4.69, 9.17) is 0 Å². The molecule has 1 unspecified atom stereocenters. The van der Waals surface area contributed by atoms with E-state index in [2.05, 4.69) is 10.2 Å². The van der Waals surface area contributed by atoms with Gasteiger partial charge in [-0.05, 0) is 55.1 Å². The van der Waals surface area contributed by atoms with Crippen LogP contribution in [0.1, 0.15) is 22.5 Å². The van der Waals surface area contributed by atoms with Gasteiger partial charge in [0.15, 0.2) is 0 Å². The highest BCUT2D eigenvalue weighted by Crippen LogP contribution is 2.31. The van der Waals surface area contributed by atoms with Gasteiger partial charge in [-0.1, -0.05) is 12.1 Å². The number of nitrogens with one attached hydrogen (secondary N) is 1. The largest absolute Gasteiger partial charge is 0.508 e. The Morgan fingerprint density at radius 3 is 3.00 bits per heavy atom. The molecule has 2 N–H and O–H groups in total. The van der Waals surface area contributed by atoms with E-state index in [1.54, 1.807) is 12.1 Å². The van der Waals surface area contributed by atoms with E-state index in [9.17, 15) is 9.90 Å². The number of phenols is 1. The molecule has 3 atom stereocenters. The van der Waals surface area contributed by atoms with Crippen molar-refractivity contribution in [3.8, 4) is 16.2 Å². The summed E-state index contributed by atoms with van der Waals surface area (Å²) in [4.78, 5) is 16.7. The van der Waals surface area contributed by atoms with Crippen LogP contribution in [0.4, 0.5) is 0 Å². The monoisotopic (exact) mass is 328 g/mol. The van der Waals surface area contributed by atoms with Crippen LogP contribution in [-0.4, -0.2) is 41.6 Å². The summed E-state index contributed by atoms with van der Waals surface area (Å²) in [5.41, 5.74) is 0.941. The Morgan fingerprint density at radius 1 is 1.26 bits per heavy atom. The average Bonchev–Trinajstić information content (AvgIpc) is 3.14. The van der Waals surface area contributed by atoms with Gasteiger partial charge in [-0.15, -0.1) is 11.3 Å². The van der Waals surface area contributed by atoms with Gasteiger partial charge >= 0.3 is 0 Å². The number of carbonyl (C=O) groups is 1. The van der Waals surface area contributed by atoms with Crippen molar-refractivity contribution in [2.45, 2.75) is 18.9 Å². The molecule has 3 heterocycles. The van der Waals surface area contributed by atoms with Crippen molar-refractivity contribution in [1.29, 1.82) is 0 Å². The Kier molecular flexibility index (Phi) is 3.83. The molecule has 0 spiro atoms. The topological polar surface area (TPSA) is 52.6 Å². The molecule has 0 radical (unpaired) electrons. The number of hydrogen-bond donors (Lipinski definition) is 2. The molecule has 2 bridgehead atoms. The molecule has 1 aromatic heterocycles. The molecule has 4 nitrogen and oxygen atoms in total. The van der Waals surface area contributed by atoms with Crippen molar-refractivity contribution in [2.24, 2.45) is 5.92 Å². The first-order valence-electron chi connectivity index (χ1n) is 8.10. The second-order valence-electron chi connectivity index (χ2n) is 6.53. The van der Waals surface area contributed by atoms with Gasteiger partial charge in [-0.3, -0.25) is 4.79 Å². The highest BCUT2D eigenvalue weighted by atomic mass is 32.1. The molecule has 0 aliphatic carbocycles. The minimum Gasteiger partial charge on any atom is -0.508 e. The summed E-state index contributed by atoms with van der Waals surface area (Å²) in [6.07, 6.45) is 2.38. The SMILES string of the molecule is O=C(N[C@@H]1C[C@H]2CCN(C2)C1)c1ccc(-c2cccc(O)c2)s1. The van der Waals surface area contributed by atoms with Gasteiger partial charge in [0.1, 0.15) is 5.75 Å². The van der Waals surface area contributed by atoms with Gasteiger partial charge in [0.2, 0.25) is 0 Å². The van der Waals surface area contributed by atoms with E-state index in [0.717, 1.165) is 34.2 Å². The van der Waals surface area contributed by atoms with Crippen LogP contribution >= 0.6 is 11.3 Å². The number of phenolic OH excluding ortho intramolecular Hbond substituents is 1. The Labute approximate surface area is 139 Å². The summed E-state index contributed by atoms with van der Waals surface area (Å²) in [6, 6.07) is 11.2. The van der Waals surface area contributed by atoms with Crippen molar-refractivity contribution < 1.29 is 9.90 Å². The first-order chi connectivity index (χ1) is 11.2. The van der Waals surface area contributed by atoms with Gasteiger partial charge in [0, 0.05) is 24.0 Å². The molecule has 1 aromatic carbocycles. The molecule has 4 rings (SSSR count). The van der Waals surface area contributed by atoms with Crippen molar-refractivity contribution in [3.63, 3.8) is 0 Å². The maximum absolute atomic E-state index is 12.5. The Morgan fingerprint density at radius 2 is 2.17 bits per heavy atom. The fourth-order valence-corrected chi connectivity index (χ4v) is 4.60. The average molecular weight is 328 g/mol. The summed E-state index contributed by atoms with van der Waals surface area (Å²) >= 11 is 1.47. The summed E-state index contributed by atoms with van der Waals surface area (Å²) in [7, 11) is 0. The molecule has 0 saturated carbocycles. The summed E-state index contributed by atoms with van der Waals surface area (Å²) in [5.74, 6) is 1.02. The second-order valence-corrected chi connectivity index (χ2v) is 7.62. The number of nitrogens with zero attached hydrogens (tertiary/aromatic N) is 1. The van der Waals surface area contributed by atoms with Crippen molar-refractivity contribution in [3.05, 3.63) is 41.3 Å². The maximum Gasteiger partial charge on any atom is 0.261 e. The smallest absolute Gasteiger partial charge is 0.261 e. The predicted molar refractivity (Wildman–Crippen MR) is 91.8 cm³/mol. The van der Waals surface area contributed by atoms with Crippen molar-refractivity contribution >= 4 is 17.2 Å². The lowest BCUT2D eigenvalue weighted by Gasteiger charge is -2.30. The number of rotatable bonds is 3. The van der Waals surface area contributed by atoms with Gasteiger partial charge in [-0.2, -0.15) is 0 Å². The molecule has 120 valence electrons. The van der Waals surface area contributed by atoms with Crippen LogP contribution in [0.5, 0.6) is 5.75 Å². The third-order valence-corrected chi connectivity index (χ3v) is 5.90. The lowest BCUT2D eigenvalue weighted by atomic mass is 9.97. The summed E-state index contributed by atoms with van der Waals surface area (Å²) < 4.78 is 0. The molecule has 23 heavy (non-hydrogen) atoms. The van der Waals surface area contributed by atoms with Crippen LogP contribution in [0.2, 0.25) is 0 Å². The zero-order chi connectivity index (χ0) is 15.8. The molecule has 2 aromatic rings. The molecule has 2 aliphatic heterocycles. The van der Waals surface area contributed by atoms with Crippen molar-refractivity contribution in [2.75, 3.05) is 19.6 Å². The number of aromatic hydroxyl groups is 1. The third-order valence-electron chi connectivity index (χ3n) is 4.76. The molecule has 1 amide bonds. The number of amides is 1. The van der Waals surface area contributed by atoms with Gasteiger partial charge < -0.3 is 15.3 Å². The highest BCUT2D eigenvalue weighted by Gasteiger charge is 2.33. The summed E-state index contributed by atoms with van der Waals surface area (Å²) in [6.45, 7) is 3.36. The molecule has 2 saturated heterocycles. The van der Waals surface area contributed by atoms with Crippen molar-refractivity contribution in [1.82, 2.24) is 10.2 Å². The first-order valence-corrected chi connectivity index (χ1v) is 8.91. The molecule has 5 heteroatoms. The minimum absolute atomic E-state index is 0.0221. The highest BCUT2D eigenvalue weighted by molar-refractivity contribution is 7.17. The molecular weight excluding hydrogens is 308 g/mol. The Balaban J connectivity index is 1.45. The number of piperidine rings is 1. The first kappa shape index (κ1) is 14.7. The Hall–Kier alpha value is -1.85. The van der Waals surface area contributed by atoms with Crippen LogP contribution in [0.15, 0.2) is 36.4 Å². The minimum atomic E-state index is 0.0221. The molecule has 2 aliphatic rings. The van der Waals surface area contributed by atoms with Crippen LogP contribution in [0, 0.1) is 5.92 Å². The zero-order valence-electron chi connectivity index (χ0n) is 12.9. The van der Waals surface area contributed by atoms with Gasteiger partial charge in [0.05, 0.1) is 4.88 Å². The quantitative estimate of drug-likeness (QED) is 0.911. The normalized spacial score (nSPS) is 26.2. The fraction of sp³-hybridized carbons (Fsp3) is 0.389. The van der Waals surface area contributed by atoms with Crippen LogP contribution in [0.3, 0.4) is 0 Å². The molecule has 2 fully saturated rings. The van der Waals surface area contributed by atoms with Gasteiger partial charge in [-0.25, -0.2) is 0 Å². The maximum atomic E-state index is 12.5. The number of benzene rings is 1. The van der Waals surface area contributed by atoms with Crippen LogP contribution < -0.4 is 5.32 Å². The second kappa shape index (κ2) is 5.98. The summed E-state index contributed by atoms with van der Waals surface area (Å²) in [5, 5.41) is 12.8. The predicted octanol–water partition coefficient (Wildman–Crippen LogP) is 2.94. The van der Waals surface area contributed by atoms with Gasteiger partial charge in [0.25, 0.3) is 5.91 Å². The zero-order valence-corrected chi connectivity index (χ0v) is 13.7. The van der Waals surface area contributed by atoms with Crippen LogP contribution in [0.25, 0.3) is 10.4 Å². The van der Waals surface area contributed by atoms with E-state index in [0.29, 0.717) is 0 Å². The van der Waals surface area contributed by atoms with E-state index in [1.165, 1.54) is 30.8 Å². The number of thiophene rings is 1. The Bertz CT molecular complexity index is 715. The van der Waals surface area contributed by atoms with Crippen LogP contribution in [-0.2, 0) is 0 Å². The van der Waals surface area contributed by atoms with E-state index in [1.807, 2.05) is 24.3 Å². The molecular formula is C18H20N2O2S. The fourth-order valence-electron chi connectivity index (χ4n) is 3.69. The number of carbonyl (C=O) groups excluding carboxylic acids is 1. The third kappa shape index (κ3) is 3.12. The van der Waals surface area contributed by atoms with E-state index >= 15 is 0 Å². The standard InChI is InChI=1S/C18H20N2O2S/c21-15-3-1-2-13(9-15)16-4-5-17(23-16)18(22)19-14-8-12-6-7-20(10-12)11-14/h1-5,9,12,14,21H,6-8,10-11H2,(H,19,22)/t12-,14-/m1/s1. The number of hydrogen-bond acceptors (Lipinski definition) is 4. The lowest BCUT2D eigenvalue weighted by Crippen LogP contribution is -2.46. The van der Waals surface area contributed by atoms with E-state index < -0.39 is 0 Å². The number of fused-ring (bicyclic) bond motifs is 2. The van der Waals surface area contributed by atoms with E-state index in [-0.39, 0.29) is 17.7 Å².